The van der Waals surface area contributed by atoms with Gasteiger partial charge in [-0.1, -0.05) is 29.8 Å². The van der Waals surface area contributed by atoms with Gasteiger partial charge in [0.25, 0.3) is 0 Å². The van der Waals surface area contributed by atoms with Gasteiger partial charge >= 0.3 is 0 Å². The number of aromatic amines is 1. The highest BCUT2D eigenvalue weighted by molar-refractivity contribution is 6.31. The maximum absolute atomic E-state index is 8.66. The van der Waals surface area contributed by atoms with Gasteiger partial charge in [-0.15, -0.1) is 0 Å². The van der Waals surface area contributed by atoms with Crippen LogP contribution < -0.4 is 0 Å². The molecule has 3 heteroatoms. The molecule has 2 nitrogen and oxygen atoms in total. The summed E-state index contributed by atoms with van der Waals surface area (Å²) in [4.78, 5) is 3.12. The molecule has 0 aliphatic heterocycles. The molecule has 0 radical (unpaired) electrons. The summed E-state index contributed by atoms with van der Waals surface area (Å²) in [5.74, 6) is 0. The van der Waals surface area contributed by atoms with E-state index in [2.05, 4.69) is 4.98 Å². The van der Waals surface area contributed by atoms with Gasteiger partial charge in [0.05, 0.1) is 6.61 Å². The third-order valence-electron chi connectivity index (χ3n) is 2.08. The molecule has 0 saturated heterocycles. The Hall–Kier alpha value is -1.25. The van der Waals surface area contributed by atoms with Crippen LogP contribution in [0.1, 0.15) is 5.56 Å². The molecule has 0 fully saturated rings. The summed E-state index contributed by atoms with van der Waals surface area (Å²) in [5.41, 5.74) is 2.07. The fraction of sp³-hybridized carbons (Fsp3) is 0.0909. The zero-order chi connectivity index (χ0) is 9.97. The second-order valence-electron chi connectivity index (χ2n) is 3.02. The quantitative estimate of drug-likeness (QED) is 0.781. The van der Waals surface area contributed by atoms with Gasteiger partial charge in [-0.25, -0.2) is 0 Å². The Kier molecular flexibility index (Phi) is 2.57. The number of hydrogen-bond donors (Lipinski definition) is 2. The van der Waals surface area contributed by atoms with Crippen molar-refractivity contribution in [3.05, 3.63) is 41.1 Å². The first-order valence-corrected chi connectivity index (χ1v) is 4.73. The fourth-order valence-electron chi connectivity index (χ4n) is 1.44. The highest BCUT2D eigenvalue weighted by atomic mass is 35.5. The molecule has 2 aromatic rings. The van der Waals surface area contributed by atoms with Crippen LogP contribution in [0.5, 0.6) is 0 Å². The number of aromatic nitrogens is 1. The van der Waals surface area contributed by atoms with Gasteiger partial charge in [0.2, 0.25) is 0 Å². The number of rotatable bonds is 2. The molecule has 2 N–H and O–H groups in total. The Morgan fingerprint density at radius 1 is 1.43 bits per heavy atom. The fourth-order valence-corrected chi connectivity index (χ4v) is 1.61. The second-order valence-corrected chi connectivity index (χ2v) is 3.46. The molecule has 2 rings (SSSR count). The predicted octanol–water partition coefficient (Wildman–Crippen LogP) is 2.83. The lowest BCUT2D eigenvalue weighted by Crippen LogP contribution is -1.72. The van der Waals surface area contributed by atoms with Crippen molar-refractivity contribution in [3.63, 3.8) is 0 Å². The summed E-state index contributed by atoms with van der Waals surface area (Å²) in [6.07, 6.45) is 5.48. The number of aliphatic hydroxyl groups excluding tert-OH is 1. The third kappa shape index (κ3) is 1.67. The first kappa shape index (κ1) is 9.31. The van der Waals surface area contributed by atoms with Crippen molar-refractivity contribution in [1.29, 1.82) is 0 Å². The van der Waals surface area contributed by atoms with Gasteiger partial charge < -0.3 is 10.1 Å². The monoisotopic (exact) mass is 207 g/mol. The molecule has 0 saturated carbocycles. The number of halogens is 1. The van der Waals surface area contributed by atoms with Gasteiger partial charge in [-0.3, -0.25) is 0 Å². The minimum absolute atomic E-state index is 0.0558. The SMILES string of the molecule is OC/C=C/c1c[nH]c2cc(Cl)ccc12. The summed E-state index contributed by atoms with van der Waals surface area (Å²) < 4.78 is 0. The Labute approximate surface area is 86.8 Å². The van der Waals surface area contributed by atoms with Crippen molar-refractivity contribution in [2.45, 2.75) is 0 Å². The second kappa shape index (κ2) is 3.86. The summed E-state index contributed by atoms with van der Waals surface area (Å²) in [7, 11) is 0. The Bertz CT molecular complexity index is 473. The van der Waals surface area contributed by atoms with Gasteiger partial charge in [0, 0.05) is 22.1 Å². The highest BCUT2D eigenvalue weighted by Gasteiger charge is 2.00. The van der Waals surface area contributed by atoms with Crippen molar-refractivity contribution < 1.29 is 5.11 Å². The number of nitrogens with one attached hydrogen (secondary N) is 1. The van der Waals surface area contributed by atoms with E-state index in [0.717, 1.165) is 21.5 Å². The maximum atomic E-state index is 8.66. The molecule has 0 aliphatic rings. The lowest BCUT2D eigenvalue weighted by molar-refractivity contribution is 0.343. The van der Waals surface area contributed by atoms with E-state index in [1.165, 1.54) is 0 Å². The molecule has 1 aromatic heterocycles. The van der Waals surface area contributed by atoms with E-state index >= 15 is 0 Å². The molecule has 0 unspecified atom stereocenters. The number of aliphatic hydroxyl groups is 1. The Morgan fingerprint density at radius 2 is 2.29 bits per heavy atom. The van der Waals surface area contributed by atoms with Gasteiger partial charge in [0.15, 0.2) is 0 Å². The minimum atomic E-state index is 0.0558. The van der Waals surface area contributed by atoms with Crippen molar-refractivity contribution in [3.8, 4) is 0 Å². The van der Waals surface area contributed by atoms with E-state index in [1.54, 1.807) is 6.08 Å². The lowest BCUT2D eigenvalue weighted by atomic mass is 10.1. The standard InChI is InChI=1S/C11H10ClNO/c12-9-3-4-10-8(2-1-5-14)7-13-11(10)6-9/h1-4,6-7,13-14H,5H2/b2-1+. The largest absolute Gasteiger partial charge is 0.392 e. The highest BCUT2D eigenvalue weighted by Crippen LogP contribution is 2.22. The average Bonchev–Trinajstić information content (AvgIpc) is 2.57. The average molecular weight is 208 g/mol. The number of hydrogen-bond acceptors (Lipinski definition) is 1. The van der Waals surface area contributed by atoms with Crippen LogP contribution in [0.3, 0.4) is 0 Å². The van der Waals surface area contributed by atoms with Crippen molar-refractivity contribution in [1.82, 2.24) is 4.98 Å². The van der Waals surface area contributed by atoms with Gasteiger partial charge in [-0.05, 0) is 17.7 Å². The van der Waals surface area contributed by atoms with Crippen LogP contribution in [-0.2, 0) is 0 Å². The van der Waals surface area contributed by atoms with Crippen molar-refractivity contribution >= 4 is 28.6 Å². The molecule has 0 atom stereocenters. The summed E-state index contributed by atoms with van der Waals surface area (Å²) in [6.45, 7) is 0.0558. The smallest absolute Gasteiger partial charge is 0.0615 e. The lowest BCUT2D eigenvalue weighted by Gasteiger charge is -1.92. The molecule has 0 amide bonds. The van der Waals surface area contributed by atoms with Crippen molar-refractivity contribution in [2.24, 2.45) is 0 Å². The van der Waals surface area contributed by atoms with Crippen LogP contribution in [-0.4, -0.2) is 16.7 Å². The van der Waals surface area contributed by atoms with Crippen LogP contribution >= 0.6 is 11.6 Å². The van der Waals surface area contributed by atoms with E-state index < -0.39 is 0 Å². The van der Waals surface area contributed by atoms with E-state index in [-0.39, 0.29) is 6.61 Å². The molecule has 1 aromatic carbocycles. The van der Waals surface area contributed by atoms with Crippen LogP contribution in [0.15, 0.2) is 30.5 Å². The van der Waals surface area contributed by atoms with Crippen molar-refractivity contribution in [2.75, 3.05) is 6.61 Å². The van der Waals surface area contributed by atoms with Crippen LogP contribution in [0.25, 0.3) is 17.0 Å². The summed E-state index contributed by atoms with van der Waals surface area (Å²) in [6, 6.07) is 5.70. The van der Waals surface area contributed by atoms with E-state index in [1.807, 2.05) is 30.5 Å². The van der Waals surface area contributed by atoms with E-state index in [9.17, 15) is 0 Å². The molecule has 14 heavy (non-hydrogen) atoms. The predicted molar refractivity (Wildman–Crippen MR) is 59.4 cm³/mol. The summed E-state index contributed by atoms with van der Waals surface area (Å²) in [5, 5.41) is 10.5. The Balaban J connectivity index is 2.53. The van der Waals surface area contributed by atoms with Gasteiger partial charge in [0.1, 0.15) is 0 Å². The maximum Gasteiger partial charge on any atom is 0.0615 e. The number of H-pyrrole nitrogens is 1. The first-order chi connectivity index (χ1) is 6.81. The summed E-state index contributed by atoms with van der Waals surface area (Å²) >= 11 is 5.85. The topological polar surface area (TPSA) is 36.0 Å². The molecule has 0 spiro atoms. The normalized spacial score (nSPS) is 11.6. The number of benzene rings is 1. The van der Waals surface area contributed by atoms with E-state index in [0.29, 0.717) is 0 Å². The first-order valence-electron chi connectivity index (χ1n) is 4.35. The molecule has 72 valence electrons. The molecule has 0 bridgehead atoms. The zero-order valence-corrected chi connectivity index (χ0v) is 8.25. The third-order valence-corrected chi connectivity index (χ3v) is 2.31. The van der Waals surface area contributed by atoms with Crippen LogP contribution in [0.4, 0.5) is 0 Å². The molecular weight excluding hydrogens is 198 g/mol. The van der Waals surface area contributed by atoms with Crippen LogP contribution in [0.2, 0.25) is 5.02 Å². The van der Waals surface area contributed by atoms with E-state index in [4.69, 9.17) is 16.7 Å². The molecule has 0 aliphatic carbocycles. The van der Waals surface area contributed by atoms with Gasteiger partial charge in [-0.2, -0.15) is 0 Å². The Morgan fingerprint density at radius 3 is 3.07 bits per heavy atom. The minimum Gasteiger partial charge on any atom is -0.392 e. The van der Waals surface area contributed by atoms with Crippen LogP contribution in [0, 0.1) is 0 Å². The molecule has 1 heterocycles. The zero-order valence-electron chi connectivity index (χ0n) is 7.50. The number of fused-ring (bicyclic) bond motifs is 1. The molecular formula is C11H10ClNO.